The maximum atomic E-state index is 7.39. The van der Waals surface area contributed by atoms with Crippen LogP contribution >= 0.6 is 0 Å². The first-order chi connectivity index (χ1) is 25.4. The number of hydrogen-bond acceptors (Lipinski definition) is 3. The van der Waals surface area contributed by atoms with E-state index in [9.17, 15) is 0 Å². The molecule has 1 aliphatic carbocycles. The Hall–Kier alpha value is -5.90. The maximum absolute atomic E-state index is 7.39. The summed E-state index contributed by atoms with van der Waals surface area (Å²) in [5.41, 5.74) is 21.0. The highest BCUT2D eigenvalue weighted by Crippen LogP contribution is 2.47. The molecule has 0 saturated heterocycles. The number of nitrogens with two attached hydrogens (primary N) is 1. The third-order valence-corrected chi connectivity index (χ3v) is 10.2. The van der Waals surface area contributed by atoms with E-state index in [1.807, 2.05) is 0 Å². The van der Waals surface area contributed by atoms with Crippen molar-refractivity contribution in [2.24, 2.45) is 11.7 Å². The van der Waals surface area contributed by atoms with Crippen LogP contribution in [-0.2, 0) is 5.54 Å². The Kier molecular flexibility index (Phi) is 10.1. The molecular formula is C49H47N3. The normalized spacial score (nSPS) is 14.1. The van der Waals surface area contributed by atoms with Gasteiger partial charge in [-0.1, -0.05) is 147 Å². The lowest BCUT2D eigenvalue weighted by atomic mass is 9.70. The molecule has 258 valence electrons. The Morgan fingerprint density at radius 1 is 0.635 bits per heavy atom. The van der Waals surface area contributed by atoms with Crippen LogP contribution in [0.25, 0.3) is 22.4 Å². The third kappa shape index (κ3) is 6.64. The smallest absolute Gasteiger partial charge is 0.0931 e. The average molecular weight is 678 g/mol. The summed E-state index contributed by atoms with van der Waals surface area (Å²) in [5, 5.41) is 3.89. The largest absolute Gasteiger partial charge is 0.398 e. The van der Waals surface area contributed by atoms with E-state index in [-0.39, 0.29) is 5.92 Å². The van der Waals surface area contributed by atoms with Crippen LogP contribution in [0.2, 0.25) is 0 Å². The van der Waals surface area contributed by atoms with Gasteiger partial charge in [0.1, 0.15) is 0 Å². The lowest BCUT2D eigenvalue weighted by Gasteiger charge is -2.41. The lowest BCUT2D eigenvalue weighted by Crippen LogP contribution is -2.45. The second-order valence-electron chi connectivity index (χ2n) is 13.8. The summed E-state index contributed by atoms with van der Waals surface area (Å²) in [5.74, 6) is 0.104. The summed E-state index contributed by atoms with van der Waals surface area (Å²) in [6, 6.07) is 56.5. The molecule has 0 radical (unpaired) electrons. The molecule has 1 aliphatic rings. The number of hydrogen-bond donors (Lipinski definition) is 2. The Bertz CT molecular complexity index is 2230. The highest BCUT2D eigenvalue weighted by Gasteiger charge is 2.41. The van der Waals surface area contributed by atoms with E-state index in [1.165, 1.54) is 11.1 Å². The molecule has 52 heavy (non-hydrogen) atoms. The second kappa shape index (κ2) is 15.1. The number of likely N-dealkylation sites (N-methyl/N-ethyl adjacent to an activating group) is 1. The summed E-state index contributed by atoms with van der Waals surface area (Å²) in [6.45, 7) is 6.65. The third-order valence-electron chi connectivity index (χ3n) is 10.2. The molecular weight excluding hydrogens is 631 g/mol. The quantitative estimate of drug-likeness (QED) is 0.143. The summed E-state index contributed by atoms with van der Waals surface area (Å²) in [6.07, 6.45) is 7.69. The first-order valence-electron chi connectivity index (χ1n) is 18.2. The van der Waals surface area contributed by atoms with Gasteiger partial charge in [-0.3, -0.25) is 0 Å². The van der Waals surface area contributed by atoms with E-state index in [0.717, 1.165) is 68.1 Å². The van der Waals surface area contributed by atoms with Crippen LogP contribution in [0.4, 0.5) is 17.1 Å². The summed E-state index contributed by atoms with van der Waals surface area (Å²) >= 11 is 0. The highest BCUT2D eigenvalue weighted by atomic mass is 15.1. The van der Waals surface area contributed by atoms with E-state index in [0.29, 0.717) is 0 Å². The van der Waals surface area contributed by atoms with Crippen molar-refractivity contribution in [2.45, 2.75) is 32.7 Å². The summed E-state index contributed by atoms with van der Waals surface area (Å²) in [7, 11) is 2.06. The molecule has 0 saturated carbocycles. The first-order valence-corrected chi connectivity index (χ1v) is 18.2. The molecule has 3 heteroatoms. The van der Waals surface area contributed by atoms with E-state index < -0.39 is 5.54 Å². The van der Waals surface area contributed by atoms with Gasteiger partial charge in [0.15, 0.2) is 0 Å². The molecule has 6 aromatic rings. The minimum absolute atomic E-state index is 0.104. The zero-order valence-corrected chi connectivity index (χ0v) is 30.6. The zero-order valence-electron chi connectivity index (χ0n) is 30.6. The number of allylic oxidation sites excluding steroid dienone is 4. The van der Waals surface area contributed by atoms with Crippen LogP contribution in [0.3, 0.4) is 0 Å². The van der Waals surface area contributed by atoms with Crippen LogP contribution in [0, 0.1) is 12.8 Å². The number of aryl methyl sites for hydroxylation is 1. The number of rotatable bonds is 11. The number of nitrogens with one attached hydrogen (secondary N) is 1. The van der Waals surface area contributed by atoms with Crippen molar-refractivity contribution >= 4 is 28.3 Å². The number of nitrogens with zero attached hydrogens (tertiary/aromatic N) is 1. The Morgan fingerprint density at radius 2 is 1.25 bits per heavy atom. The van der Waals surface area contributed by atoms with Gasteiger partial charge in [0.25, 0.3) is 0 Å². The monoisotopic (exact) mass is 677 g/mol. The van der Waals surface area contributed by atoms with Crippen molar-refractivity contribution in [1.29, 1.82) is 0 Å². The molecule has 6 aromatic carbocycles. The van der Waals surface area contributed by atoms with Crippen LogP contribution in [0.15, 0.2) is 182 Å². The van der Waals surface area contributed by atoms with E-state index in [1.54, 1.807) is 0 Å². The maximum Gasteiger partial charge on any atom is 0.0931 e. The number of para-hydroxylation sites is 1. The minimum atomic E-state index is -0.769. The van der Waals surface area contributed by atoms with Crippen molar-refractivity contribution in [1.82, 2.24) is 5.32 Å². The van der Waals surface area contributed by atoms with Gasteiger partial charge in [-0.25, -0.2) is 0 Å². The fourth-order valence-corrected chi connectivity index (χ4v) is 7.81. The molecule has 0 aromatic heterocycles. The predicted octanol–water partition coefficient (Wildman–Crippen LogP) is 12.0. The van der Waals surface area contributed by atoms with Gasteiger partial charge in [-0.05, 0) is 113 Å². The van der Waals surface area contributed by atoms with Crippen LogP contribution in [0.5, 0.6) is 0 Å². The number of anilines is 3. The van der Waals surface area contributed by atoms with E-state index in [2.05, 4.69) is 214 Å². The molecule has 0 bridgehead atoms. The SMILES string of the molecule is CNC(/C(=C(\N)c1ccccc1C)C(C)C)(c1ccccc1)c1cc(-c2ccccc2)cc(N(c2ccccc2)c2ccc(C3=CCC=C3)cc2)c1. The van der Waals surface area contributed by atoms with Gasteiger partial charge in [0, 0.05) is 28.3 Å². The molecule has 0 heterocycles. The molecule has 0 spiro atoms. The van der Waals surface area contributed by atoms with Crippen molar-refractivity contribution < 1.29 is 0 Å². The van der Waals surface area contributed by atoms with Gasteiger partial charge in [-0.15, -0.1) is 0 Å². The van der Waals surface area contributed by atoms with Crippen LogP contribution in [-0.4, -0.2) is 7.05 Å². The molecule has 0 fully saturated rings. The van der Waals surface area contributed by atoms with Gasteiger partial charge in [-0.2, -0.15) is 0 Å². The van der Waals surface area contributed by atoms with Crippen molar-refractivity contribution in [2.75, 3.05) is 11.9 Å². The fourth-order valence-electron chi connectivity index (χ4n) is 7.81. The predicted molar refractivity (Wildman–Crippen MR) is 222 cm³/mol. The average Bonchev–Trinajstić information content (AvgIpc) is 3.74. The topological polar surface area (TPSA) is 41.3 Å². The Morgan fingerprint density at radius 3 is 1.87 bits per heavy atom. The number of benzene rings is 6. The molecule has 0 amide bonds. The molecule has 3 nitrogen and oxygen atoms in total. The Balaban J connectivity index is 1.54. The van der Waals surface area contributed by atoms with Gasteiger partial charge >= 0.3 is 0 Å². The van der Waals surface area contributed by atoms with Crippen LogP contribution in [0.1, 0.15) is 48.1 Å². The molecule has 0 aliphatic heterocycles. The standard InChI is InChI=1S/C49H47N3/c1-35(2)47(48(50)46-27-17-14-18-36(46)3)49(51-4,41-23-10-6-11-24-41)42-32-40(38-19-8-5-9-20-38)33-45(34-42)52(43-25-12-7-13-26-43)44-30-28-39(29-31-44)37-21-15-16-22-37/h5-15,17-35,51H,16,50H2,1-4H3/b48-47-. The van der Waals surface area contributed by atoms with Gasteiger partial charge in [0.2, 0.25) is 0 Å². The first kappa shape index (κ1) is 34.5. The molecule has 1 unspecified atom stereocenters. The summed E-state index contributed by atoms with van der Waals surface area (Å²) < 4.78 is 0. The molecule has 1 atom stereocenters. The molecule has 7 rings (SSSR count). The van der Waals surface area contributed by atoms with Gasteiger partial charge < -0.3 is 16.0 Å². The highest BCUT2D eigenvalue weighted by molar-refractivity contribution is 5.84. The lowest BCUT2D eigenvalue weighted by molar-refractivity contribution is 0.466. The Labute approximate surface area is 309 Å². The zero-order chi connectivity index (χ0) is 36.1. The van der Waals surface area contributed by atoms with E-state index in [4.69, 9.17) is 5.73 Å². The second-order valence-corrected chi connectivity index (χ2v) is 13.8. The summed E-state index contributed by atoms with van der Waals surface area (Å²) in [4.78, 5) is 2.37. The van der Waals surface area contributed by atoms with Crippen LogP contribution < -0.4 is 16.0 Å². The molecule has 3 N–H and O–H groups in total. The fraction of sp³-hybridized carbons (Fsp3) is 0.143. The van der Waals surface area contributed by atoms with Crippen molar-refractivity contribution in [3.05, 3.63) is 209 Å². The van der Waals surface area contributed by atoms with Crippen molar-refractivity contribution in [3.8, 4) is 11.1 Å². The van der Waals surface area contributed by atoms with E-state index >= 15 is 0 Å². The van der Waals surface area contributed by atoms with Gasteiger partial charge in [0.05, 0.1) is 5.54 Å². The minimum Gasteiger partial charge on any atom is -0.398 e. The van der Waals surface area contributed by atoms with Crippen molar-refractivity contribution in [3.63, 3.8) is 0 Å².